The molecular weight excluding hydrogens is 245 g/mol. The minimum absolute atomic E-state index is 0.162. The van der Waals surface area contributed by atoms with Crippen LogP contribution in [0.1, 0.15) is 23.2 Å². The van der Waals surface area contributed by atoms with Crippen LogP contribution in [-0.4, -0.2) is 29.9 Å². The van der Waals surface area contributed by atoms with E-state index in [1.54, 1.807) is 0 Å². The summed E-state index contributed by atoms with van der Waals surface area (Å²) in [6, 6.07) is 1.55. The lowest BCUT2D eigenvalue weighted by molar-refractivity contribution is 0.0735. The Morgan fingerprint density at radius 1 is 1.33 bits per heavy atom. The fraction of sp³-hybridized carbons (Fsp3) is 0.417. The van der Waals surface area contributed by atoms with Crippen LogP contribution in [0, 0.1) is 17.5 Å². The number of benzene rings is 1. The first-order valence-electron chi connectivity index (χ1n) is 5.70. The molecule has 0 saturated carbocycles. The summed E-state index contributed by atoms with van der Waals surface area (Å²) < 4.78 is 39.4. The van der Waals surface area contributed by atoms with E-state index < -0.39 is 28.9 Å². The topological polar surface area (TPSA) is 46.3 Å². The zero-order chi connectivity index (χ0) is 13.3. The maximum atomic E-state index is 13.5. The second-order valence-electron chi connectivity index (χ2n) is 4.25. The molecule has 2 rings (SSSR count). The van der Waals surface area contributed by atoms with Crippen molar-refractivity contribution in [1.82, 2.24) is 4.90 Å². The normalized spacial score (nSPS) is 19.3. The molecule has 1 heterocycles. The maximum absolute atomic E-state index is 13.5. The van der Waals surface area contributed by atoms with E-state index in [4.69, 9.17) is 5.73 Å². The monoisotopic (exact) mass is 258 g/mol. The van der Waals surface area contributed by atoms with E-state index in [0.717, 1.165) is 25.0 Å². The molecule has 18 heavy (non-hydrogen) atoms. The molecule has 0 aliphatic carbocycles. The van der Waals surface area contributed by atoms with Crippen LogP contribution in [0.2, 0.25) is 0 Å². The van der Waals surface area contributed by atoms with Crippen molar-refractivity contribution in [2.75, 3.05) is 13.1 Å². The molecule has 2 N–H and O–H groups in total. The second kappa shape index (κ2) is 4.97. The Labute approximate surface area is 102 Å². The Balaban J connectivity index is 2.32. The molecule has 1 aromatic carbocycles. The minimum Gasteiger partial charge on any atom is -0.334 e. The predicted octanol–water partition coefficient (Wildman–Crippen LogP) is 1.67. The molecule has 98 valence electrons. The van der Waals surface area contributed by atoms with Gasteiger partial charge in [0, 0.05) is 19.1 Å². The SMILES string of the molecule is NCC1CCCN1C(=O)c1ccc(F)c(F)c1F. The van der Waals surface area contributed by atoms with E-state index >= 15 is 0 Å². The number of hydrogen-bond donors (Lipinski definition) is 1. The molecule has 1 atom stereocenters. The summed E-state index contributed by atoms with van der Waals surface area (Å²) in [5, 5.41) is 0. The molecule has 1 amide bonds. The number of hydrogen-bond acceptors (Lipinski definition) is 2. The van der Waals surface area contributed by atoms with E-state index in [2.05, 4.69) is 0 Å². The van der Waals surface area contributed by atoms with Gasteiger partial charge in [-0.15, -0.1) is 0 Å². The molecule has 0 bridgehead atoms. The summed E-state index contributed by atoms with van der Waals surface area (Å²) in [5.74, 6) is -5.01. The third-order valence-corrected chi connectivity index (χ3v) is 3.18. The maximum Gasteiger partial charge on any atom is 0.257 e. The largest absolute Gasteiger partial charge is 0.334 e. The molecule has 3 nitrogen and oxygen atoms in total. The fourth-order valence-electron chi connectivity index (χ4n) is 2.19. The Morgan fingerprint density at radius 3 is 2.72 bits per heavy atom. The van der Waals surface area contributed by atoms with Gasteiger partial charge in [-0.1, -0.05) is 0 Å². The van der Waals surface area contributed by atoms with Gasteiger partial charge in [-0.2, -0.15) is 0 Å². The van der Waals surface area contributed by atoms with Crippen molar-refractivity contribution >= 4 is 5.91 Å². The van der Waals surface area contributed by atoms with Gasteiger partial charge in [0.2, 0.25) is 0 Å². The summed E-state index contributed by atoms with van der Waals surface area (Å²) >= 11 is 0. The number of rotatable bonds is 2. The molecule has 1 saturated heterocycles. The van der Waals surface area contributed by atoms with Gasteiger partial charge in [0.25, 0.3) is 5.91 Å². The van der Waals surface area contributed by atoms with E-state index in [1.165, 1.54) is 4.90 Å². The third kappa shape index (κ3) is 2.08. The van der Waals surface area contributed by atoms with E-state index in [9.17, 15) is 18.0 Å². The first-order valence-corrected chi connectivity index (χ1v) is 5.70. The highest BCUT2D eigenvalue weighted by Gasteiger charge is 2.30. The molecule has 0 radical (unpaired) electrons. The van der Waals surface area contributed by atoms with Crippen LogP contribution in [0.4, 0.5) is 13.2 Å². The molecule has 1 fully saturated rings. The number of likely N-dealkylation sites (tertiary alicyclic amines) is 1. The van der Waals surface area contributed by atoms with E-state index in [-0.39, 0.29) is 12.6 Å². The van der Waals surface area contributed by atoms with Crippen LogP contribution >= 0.6 is 0 Å². The molecule has 0 aromatic heterocycles. The molecule has 1 aromatic rings. The average molecular weight is 258 g/mol. The highest BCUT2D eigenvalue weighted by Crippen LogP contribution is 2.22. The number of carbonyl (C=O) groups excluding carboxylic acids is 1. The van der Waals surface area contributed by atoms with Crippen molar-refractivity contribution in [2.24, 2.45) is 5.73 Å². The third-order valence-electron chi connectivity index (χ3n) is 3.18. The molecule has 0 spiro atoms. The molecule has 1 unspecified atom stereocenters. The molecule has 6 heteroatoms. The molecular formula is C12H13F3N2O. The highest BCUT2D eigenvalue weighted by atomic mass is 19.2. The summed E-state index contributed by atoms with van der Waals surface area (Å²) in [6.07, 6.45) is 1.52. The number of amides is 1. The summed E-state index contributed by atoms with van der Waals surface area (Å²) in [5.41, 5.74) is 5.06. The number of halogens is 3. The Bertz CT molecular complexity index is 479. The van der Waals surface area contributed by atoms with Gasteiger partial charge in [0.05, 0.1) is 5.56 Å². The van der Waals surface area contributed by atoms with Crippen LogP contribution in [0.3, 0.4) is 0 Å². The first-order chi connectivity index (χ1) is 8.56. The molecule has 1 aliphatic heterocycles. The van der Waals surface area contributed by atoms with Gasteiger partial charge >= 0.3 is 0 Å². The lowest BCUT2D eigenvalue weighted by Crippen LogP contribution is -2.40. The van der Waals surface area contributed by atoms with Crippen molar-refractivity contribution in [2.45, 2.75) is 18.9 Å². The highest BCUT2D eigenvalue weighted by molar-refractivity contribution is 5.95. The lowest BCUT2D eigenvalue weighted by atomic mass is 10.1. The Hall–Kier alpha value is -1.56. The zero-order valence-electron chi connectivity index (χ0n) is 9.63. The quantitative estimate of drug-likeness (QED) is 0.820. The van der Waals surface area contributed by atoms with Gasteiger partial charge in [-0.3, -0.25) is 4.79 Å². The Morgan fingerprint density at radius 2 is 2.06 bits per heavy atom. The van der Waals surface area contributed by atoms with Gasteiger partial charge in [-0.25, -0.2) is 13.2 Å². The first kappa shape index (κ1) is 12.9. The minimum atomic E-state index is -1.62. The molecule has 1 aliphatic rings. The summed E-state index contributed by atoms with van der Waals surface area (Å²) in [6.45, 7) is 0.732. The van der Waals surface area contributed by atoms with Crippen molar-refractivity contribution in [1.29, 1.82) is 0 Å². The zero-order valence-corrected chi connectivity index (χ0v) is 9.63. The summed E-state index contributed by atoms with van der Waals surface area (Å²) in [7, 11) is 0. The van der Waals surface area contributed by atoms with Crippen molar-refractivity contribution < 1.29 is 18.0 Å². The van der Waals surface area contributed by atoms with Gasteiger partial charge in [-0.05, 0) is 25.0 Å². The van der Waals surface area contributed by atoms with Gasteiger partial charge < -0.3 is 10.6 Å². The second-order valence-corrected chi connectivity index (χ2v) is 4.25. The van der Waals surface area contributed by atoms with Crippen molar-refractivity contribution in [3.05, 3.63) is 35.1 Å². The van der Waals surface area contributed by atoms with Crippen LogP contribution in [0.15, 0.2) is 12.1 Å². The van der Waals surface area contributed by atoms with Crippen molar-refractivity contribution in [3.8, 4) is 0 Å². The lowest BCUT2D eigenvalue weighted by Gasteiger charge is -2.23. The van der Waals surface area contributed by atoms with E-state index in [0.29, 0.717) is 6.54 Å². The standard InChI is InChI=1S/C12H13F3N2O/c13-9-4-3-8(10(14)11(9)15)12(18)17-5-1-2-7(17)6-16/h3-4,7H,1-2,5-6,16H2. The Kier molecular flexibility index (Phi) is 3.56. The van der Waals surface area contributed by atoms with Crippen LogP contribution in [-0.2, 0) is 0 Å². The van der Waals surface area contributed by atoms with Crippen molar-refractivity contribution in [3.63, 3.8) is 0 Å². The predicted molar refractivity (Wildman–Crippen MR) is 59.4 cm³/mol. The summed E-state index contributed by atoms with van der Waals surface area (Å²) in [4.78, 5) is 13.5. The van der Waals surface area contributed by atoms with Gasteiger partial charge in [0.1, 0.15) is 0 Å². The smallest absolute Gasteiger partial charge is 0.257 e. The average Bonchev–Trinajstić information content (AvgIpc) is 2.83. The van der Waals surface area contributed by atoms with E-state index in [1.807, 2.05) is 0 Å². The fourth-order valence-corrected chi connectivity index (χ4v) is 2.19. The van der Waals surface area contributed by atoms with Crippen LogP contribution in [0.5, 0.6) is 0 Å². The number of nitrogens with zero attached hydrogens (tertiary/aromatic N) is 1. The van der Waals surface area contributed by atoms with Gasteiger partial charge in [0.15, 0.2) is 17.5 Å². The van der Waals surface area contributed by atoms with Crippen LogP contribution < -0.4 is 5.73 Å². The number of carbonyl (C=O) groups is 1. The number of nitrogens with two attached hydrogens (primary N) is 1. The van der Waals surface area contributed by atoms with Crippen LogP contribution in [0.25, 0.3) is 0 Å².